The van der Waals surface area contributed by atoms with E-state index in [-0.39, 0.29) is 12.2 Å². The summed E-state index contributed by atoms with van der Waals surface area (Å²) in [6, 6.07) is 8.12. The number of allylic oxidation sites excluding steroid dienone is 3. The fourth-order valence-electron chi connectivity index (χ4n) is 1.73. The van der Waals surface area contributed by atoms with E-state index < -0.39 is 5.91 Å². The van der Waals surface area contributed by atoms with Crippen LogP contribution in [-0.4, -0.2) is 16.9 Å². The smallest absolute Gasteiger partial charge is 0.243 e. The maximum absolute atomic E-state index is 11.5. The number of carbonyl (C=O) groups is 2. The zero-order valence-corrected chi connectivity index (χ0v) is 12.2. The number of hydrogen-bond acceptors (Lipinski definition) is 3. The van der Waals surface area contributed by atoms with Crippen molar-refractivity contribution in [1.29, 1.82) is 0 Å². The monoisotopic (exact) mass is 287 g/mol. The molecule has 0 saturated carbocycles. The van der Waals surface area contributed by atoms with Crippen LogP contribution in [0.15, 0.2) is 42.5 Å². The predicted octanol–water partition coefficient (Wildman–Crippen LogP) is 3.20. The number of aryl methyl sites for hydroxylation is 1. The van der Waals surface area contributed by atoms with Crippen LogP contribution in [0.2, 0.25) is 0 Å². The average Bonchev–Trinajstić information content (AvgIpc) is 2.49. The minimum Gasteiger partial charge on any atom is -0.295 e. The average molecular weight is 287 g/mol. The third-order valence-electron chi connectivity index (χ3n) is 2.96. The van der Waals surface area contributed by atoms with E-state index >= 15 is 0 Å². The van der Waals surface area contributed by atoms with E-state index in [1.165, 1.54) is 11.6 Å². The van der Waals surface area contributed by atoms with Gasteiger partial charge < -0.3 is 0 Å². The first-order valence-corrected chi connectivity index (χ1v) is 6.99. The number of amides is 1. The summed E-state index contributed by atoms with van der Waals surface area (Å²) >= 11 is 0. The van der Waals surface area contributed by atoms with E-state index in [2.05, 4.69) is 0 Å². The van der Waals surface area contributed by atoms with Crippen LogP contribution < -0.4 is 5.48 Å². The summed E-state index contributed by atoms with van der Waals surface area (Å²) in [7, 11) is 0. The minimum atomic E-state index is -0.418. The number of hydroxylamine groups is 1. The molecular formula is C17H21NO3. The summed E-state index contributed by atoms with van der Waals surface area (Å²) in [6.07, 6.45) is 8.91. The molecule has 0 aliphatic carbocycles. The molecule has 0 unspecified atom stereocenters. The second kappa shape index (κ2) is 9.66. The van der Waals surface area contributed by atoms with Crippen LogP contribution in [0.4, 0.5) is 0 Å². The highest BCUT2D eigenvalue weighted by Crippen LogP contribution is 2.05. The van der Waals surface area contributed by atoms with Crippen LogP contribution in [-0.2, 0) is 9.59 Å². The quantitative estimate of drug-likeness (QED) is 0.254. The lowest BCUT2D eigenvalue weighted by molar-refractivity contribution is -0.129. The Kier molecular flexibility index (Phi) is 7.76. The van der Waals surface area contributed by atoms with Crippen molar-refractivity contribution in [2.75, 3.05) is 0 Å². The normalized spacial score (nSPS) is 11.1. The lowest BCUT2D eigenvalue weighted by Gasteiger charge is -1.97. The lowest BCUT2D eigenvalue weighted by atomic mass is 10.1. The summed E-state index contributed by atoms with van der Waals surface area (Å²) < 4.78 is 0. The van der Waals surface area contributed by atoms with Crippen LogP contribution in [0.1, 0.15) is 36.8 Å². The summed E-state index contributed by atoms with van der Waals surface area (Å²) in [6.45, 7) is 2.04. The highest BCUT2D eigenvalue weighted by Gasteiger charge is 2.00. The van der Waals surface area contributed by atoms with Crippen LogP contribution >= 0.6 is 0 Å². The molecule has 0 atom stereocenters. The summed E-state index contributed by atoms with van der Waals surface area (Å²) in [5, 5.41) is 8.31. The molecular weight excluding hydrogens is 266 g/mol. The van der Waals surface area contributed by atoms with Gasteiger partial charge in [-0.15, -0.1) is 0 Å². The van der Waals surface area contributed by atoms with E-state index in [9.17, 15) is 9.59 Å². The van der Waals surface area contributed by atoms with Gasteiger partial charge in [-0.05, 0) is 31.4 Å². The molecule has 1 rings (SSSR count). The van der Waals surface area contributed by atoms with E-state index in [1.54, 1.807) is 11.6 Å². The Hall–Kier alpha value is -2.20. The van der Waals surface area contributed by atoms with Gasteiger partial charge >= 0.3 is 0 Å². The van der Waals surface area contributed by atoms with Crippen LogP contribution in [0.25, 0.3) is 6.08 Å². The van der Waals surface area contributed by atoms with Crippen LogP contribution in [0, 0.1) is 6.92 Å². The van der Waals surface area contributed by atoms with Crippen LogP contribution in [0.3, 0.4) is 0 Å². The maximum atomic E-state index is 11.5. The van der Waals surface area contributed by atoms with Gasteiger partial charge in [0.2, 0.25) is 5.91 Å². The molecule has 0 aromatic heterocycles. The Bertz CT molecular complexity index is 515. The minimum absolute atomic E-state index is 0.0352. The molecule has 112 valence electrons. The number of unbranched alkanes of at least 4 members (excludes halogenated alkanes) is 1. The summed E-state index contributed by atoms with van der Waals surface area (Å²) in [5.41, 5.74) is 3.87. The summed E-state index contributed by atoms with van der Waals surface area (Å²) in [5.74, 6) is -0.382. The molecule has 0 spiro atoms. The highest BCUT2D eigenvalue weighted by molar-refractivity contribution is 5.90. The summed E-state index contributed by atoms with van der Waals surface area (Å²) in [4.78, 5) is 22.3. The standard InChI is InChI=1S/C17H21NO3/c1-14-10-12-15(13-11-14)6-2-3-7-16(19)8-4-5-9-17(20)18-21/h2-3,6-7,10-13,21H,4-5,8-9H2,1H3,(H,18,20)/b6-2+,7-3+. The van der Waals surface area contributed by atoms with Crippen molar-refractivity contribution < 1.29 is 14.8 Å². The Morgan fingerprint density at radius 1 is 1.10 bits per heavy atom. The molecule has 0 aliphatic rings. The maximum Gasteiger partial charge on any atom is 0.243 e. The predicted molar refractivity (Wildman–Crippen MR) is 82.8 cm³/mol. The van der Waals surface area contributed by atoms with E-state index in [1.807, 2.05) is 43.3 Å². The molecule has 0 radical (unpaired) electrons. The van der Waals surface area contributed by atoms with Crippen molar-refractivity contribution in [2.45, 2.75) is 32.6 Å². The molecule has 2 N–H and O–H groups in total. The van der Waals surface area contributed by atoms with Gasteiger partial charge in [-0.1, -0.05) is 48.1 Å². The van der Waals surface area contributed by atoms with Gasteiger partial charge in [-0.2, -0.15) is 0 Å². The van der Waals surface area contributed by atoms with Crippen molar-refractivity contribution in [3.8, 4) is 0 Å². The van der Waals surface area contributed by atoms with E-state index in [0.717, 1.165) is 5.56 Å². The zero-order valence-electron chi connectivity index (χ0n) is 12.2. The van der Waals surface area contributed by atoms with Gasteiger partial charge in [0.1, 0.15) is 0 Å². The number of carbonyl (C=O) groups excluding carboxylic acids is 2. The van der Waals surface area contributed by atoms with Gasteiger partial charge in [0, 0.05) is 12.8 Å². The third-order valence-corrected chi connectivity index (χ3v) is 2.96. The molecule has 0 heterocycles. The largest absolute Gasteiger partial charge is 0.295 e. The van der Waals surface area contributed by atoms with Crippen molar-refractivity contribution in [3.63, 3.8) is 0 Å². The number of rotatable bonds is 8. The first kappa shape index (κ1) is 16.9. The topological polar surface area (TPSA) is 66.4 Å². The molecule has 0 bridgehead atoms. The Labute approximate surface area is 125 Å². The van der Waals surface area contributed by atoms with Crippen molar-refractivity contribution in [2.24, 2.45) is 0 Å². The number of benzene rings is 1. The second-order valence-corrected chi connectivity index (χ2v) is 4.84. The number of nitrogens with one attached hydrogen (secondary N) is 1. The Balaban J connectivity index is 2.24. The van der Waals surface area contributed by atoms with Gasteiger partial charge in [0.15, 0.2) is 5.78 Å². The van der Waals surface area contributed by atoms with E-state index in [0.29, 0.717) is 19.3 Å². The molecule has 1 aromatic carbocycles. The van der Waals surface area contributed by atoms with Gasteiger partial charge in [-0.25, -0.2) is 5.48 Å². The SMILES string of the molecule is Cc1ccc(/C=C/C=C/C(=O)CCCCC(=O)NO)cc1. The number of hydrogen-bond donors (Lipinski definition) is 2. The molecule has 0 aliphatic heterocycles. The molecule has 4 nitrogen and oxygen atoms in total. The van der Waals surface area contributed by atoms with Crippen molar-refractivity contribution in [1.82, 2.24) is 5.48 Å². The van der Waals surface area contributed by atoms with Crippen molar-refractivity contribution in [3.05, 3.63) is 53.6 Å². The second-order valence-electron chi connectivity index (χ2n) is 4.84. The van der Waals surface area contributed by atoms with Gasteiger partial charge in [-0.3, -0.25) is 14.8 Å². The highest BCUT2D eigenvalue weighted by atomic mass is 16.5. The lowest BCUT2D eigenvalue weighted by Crippen LogP contribution is -2.17. The molecule has 0 fully saturated rings. The molecule has 0 saturated heterocycles. The first-order chi connectivity index (χ1) is 10.1. The number of ketones is 1. The van der Waals surface area contributed by atoms with Gasteiger partial charge in [0.25, 0.3) is 0 Å². The van der Waals surface area contributed by atoms with Crippen molar-refractivity contribution >= 4 is 17.8 Å². The molecule has 1 aromatic rings. The zero-order chi connectivity index (χ0) is 15.5. The third kappa shape index (κ3) is 7.84. The first-order valence-electron chi connectivity index (χ1n) is 6.99. The molecule has 1 amide bonds. The molecule has 21 heavy (non-hydrogen) atoms. The fourth-order valence-corrected chi connectivity index (χ4v) is 1.73. The fraction of sp³-hybridized carbons (Fsp3) is 0.294. The molecule has 4 heteroatoms. The van der Waals surface area contributed by atoms with E-state index in [4.69, 9.17) is 5.21 Å². The Morgan fingerprint density at radius 2 is 1.76 bits per heavy atom. The Morgan fingerprint density at radius 3 is 2.43 bits per heavy atom. The van der Waals surface area contributed by atoms with Gasteiger partial charge in [0.05, 0.1) is 0 Å². The van der Waals surface area contributed by atoms with Crippen LogP contribution in [0.5, 0.6) is 0 Å².